The highest BCUT2D eigenvalue weighted by molar-refractivity contribution is 7.12. The molecule has 0 atom stereocenters. The van der Waals surface area contributed by atoms with Crippen molar-refractivity contribution in [3.8, 4) is 0 Å². The summed E-state index contributed by atoms with van der Waals surface area (Å²) in [6, 6.07) is 3.76. The molecule has 0 aliphatic carbocycles. The van der Waals surface area contributed by atoms with E-state index in [0.717, 1.165) is 70.0 Å². The molecule has 0 unspecified atom stereocenters. The molecule has 0 radical (unpaired) electrons. The lowest BCUT2D eigenvalue weighted by Gasteiger charge is -2.31. The Balaban J connectivity index is 1.28. The summed E-state index contributed by atoms with van der Waals surface area (Å²) in [6.07, 6.45) is 3.64. The number of carbonyl (C=O) groups excluding carboxylic acids is 2. The van der Waals surface area contributed by atoms with Crippen molar-refractivity contribution in [1.82, 2.24) is 15.1 Å². The van der Waals surface area contributed by atoms with Crippen molar-refractivity contribution in [2.45, 2.75) is 25.7 Å². The molecule has 0 spiro atoms. The van der Waals surface area contributed by atoms with Crippen LogP contribution in [0.2, 0.25) is 0 Å². The zero-order valence-corrected chi connectivity index (χ0v) is 16.1. The summed E-state index contributed by atoms with van der Waals surface area (Å²) in [6.45, 7) is 6.90. The van der Waals surface area contributed by atoms with Crippen molar-refractivity contribution in [2.75, 3.05) is 52.5 Å². The molecule has 26 heavy (non-hydrogen) atoms. The number of thiophene rings is 1. The Hall–Kier alpha value is -1.44. The van der Waals surface area contributed by atoms with E-state index in [4.69, 9.17) is 4.74 Å². The summed E-state index contributed by atoms with van der Waals surface area (Å²) in [4.78, 5) is 29.7. The van der Waals surface area contributed by atoms with Gasteiger partial charge in [0.15, 0.2) is 0 Å². The van der Waals surface area contributed by atoms with Gasteiger partial charge in [-0.15, -0.1) is 11.3 Å². The second-order valence-electron chi connectivity index (χ2n) is 7.00. The molecule has 144 valence electrons. The molecule has 2 saturated heterocycles. The van der Waals surface area contributed by atoms with Crippen LogP contribution in [0.25, 0.3) is 0 Å². The highest BCUT2D eigenvalue weighted by atomic mass is 32.1. The first-order valence-electron chi connectivity index (χ1n) is 9.64. The third-order valence-electron chi connectivity index (χ3n) is 5.19. The fourth-order valence-electron chi connectivity index (χ4n) is 3.54. The number of amides is 2. The molecule has 3 rings (SSSR count). The summed E-state index contributed by atoms with van der Waals surface area (Å²) in [5, 5.41) is 5.00. The highest BCUT2D eigenvalue weighted by Crippen LogP contribution is 2.20. The van der Waals surface area contributed by atoms with Crippen LogP contribution in [-0.2, 0) is 9.53 Å². The van der Waals surface area contributed by atoms with E-state index >= 15 is 0 Å². The predicted molar refractivity (Wildman–Crippen MR) is 102 cm³/mol. The average molecular weight is 380 g/mol. The fourth-order valence-corrected chi connectivity index (χ4v) is 4.23. The number of ether oxygens (including phenoxy) is 1. The van der Waals surface area contributed by atoms with Crippen molar-refractivity contribution in [2.24, 2.45) is 5.92 Å². The van der Waals surface area contributed by atoms with Gasteiger partial charge in [0.1, 0.15) is 0 Å². The number of piperidine rings is 1. The van der Waals surface area contributed by atoms with Gasteiger partial charge >= 0.3 is 0 Å². The number of nitrogens with zero attached hydrogens (tertiary/aromatic N) is 2. The average Bonchev–Trinajstić information content (AvgIpc) is 3.23. The molecule has 0 bridgehead atoms. The zero-order chi connectivity index (χ0) is 18.2. The van der Waals surface area contributed by atoms with Crippen LogP contribution in [0.15, 0.2) is 17.5 Å². The van der Waals surface area contributed by atoms with E-state index in [-0.39, 0.29) is 17.7 Å². The first-order chi connectivity index (χ1) is 12.7. The number of hydrogen-bond acceptors (Lipinski definition) is 5. The summed E-state index contributed by atoms with van der Waals surface area (Å²) in [5.41, 5.74) is 0. The van der Waals surface area contributed by atoms with Gasteiger partial charge in [0, 0.05) is 38.6 Å². The van der Waals surface area contributed by atoms with Crippen LogP contribution < -0.4 is 5.32 Å². The molecular formula is C19H29N3O3S. The third-order valence-corrected chi connectivity index (χ3v) is 6.05. The third kappa shape index (κ3) is 5.53. The van der Waals surface area contributed by atoms with E-state index in [2.05, 4.69) is 10.2 Å². The first kappa shape index (κ1) is 19.3. The minimum atomic E-state index is 0.0432. The topological polar surface area (TPSA) is 61.9 Å². The molecule has 3 heterocycles. The van der Waals surface area contributed by atoms with Gasteiger partial charge in [0.25, 0.3) is 5.91 Å². The molecule has 6 nitrogen and oxygen atoms in total. The Morgan fingerprint density at radius 3 is 2.62 bits per heavy atom. The molecule has 1 aromatic rings. The molecule has 1 aromatic heterocycles. The lowest BCUT2D eigenvalue weighted by molar-refractivity contribution is -0.126. The van der Waals surface area contributed by atoms with Crippen LogP contribution in [0.3, 0.4) is 0 Å². The molecule has 1 N–H and O–H groups in total. The van der Waals surface area contributed by atoms with Crippen LogP contribution in [-0.4, -0.2) is 74.1 Å². The maximum atomic E-state index is 12.3. The van der Waals surface area contributed by atoms with Crippen LogP contribution in [0.4, 0.5) is 0 Å². The normalized spacial score (nSPS) is 19.5. The Morgan fingerprint density at radius 1 is 1.15 bits per heavy atom. The fraction of sp³-hybridized carbons (Fsp3) is 0.684. The molecule has 0 aromatic carbocycles. The largest absolute Gasteiger partial charge is 0.379 e. The smallest absolute Gasteiger partial charge is 0.263 e. The zero-order valence-electron chi connectivity index (χ0n) is 15.3. The molecule has 7 heteroatoms. The van der Waals surface area contributed by atoms with Crippen LogP contribution >= 0.6 is 11.3 Å². The predicted octanol–water partition coefficient (Wildman–Crippen LogP) is 1.83. The lowest BCUT2D eigenvalue weighted by Crippen LogP contribution is -2.43. The van der Waals surface area contributed by atoms with Gasteiger partial charge in [-0.2, -0.15) is 0 Å². The SMILES string of the molecule is O=C(NCCCCN1CCOCC1)C1CCN(C(=O)c2cccs2)CC1. The second kappa shape index (κ2) is 10.0. The number of likely N-dealkylation sites (tertiary alicyclic amines) is 1. The maximum absolute atomic E-state index is 12.3. The molecular weight excluding hydrogens is 350 g/mol. The molecule has 2 aliphatic heterocycles. The van der Waals surface area contributed by atoms with Gasteiger partial charge in [0.05, 0.1) is 18.1 Å². The van der Waals surface area contributed by atoms with Crippen molar-refractivity contribution in [3.63, 3.8) is 0 Å². The number of carbonyl (C=O) groups is 2. The summed E-state index contributed by atoms with van der Waals surface area (Å²) in [5.74, 6) is 0.295. The van der Waals surface area contributed by atoms with Gasteiger partial charge in [-0.1, -0.05) is 6.07 Å². The number of unbranched alkanes of at least 4 members (excludes halogenated alkanes) is 1. The van der Waals surface area contributed by atoms with E-state index in [9.17, 15) is 9.59 Å². The molecule has 2 aliphatic rings. The minimum absolute atomic E-state index is 0.0432. The number of nitrogens with one attached hydrogen (secondary N) is 1. The van der Waals surface area contributed by atoms with E-state index in [1.54, 1.807) is 0 Å². The molecule has 0 saturated carbocycles. The summed E-state index contributed by atoms with van der Waals surface area (Å²) < 4.78 is 5.35. The number of hydrogen-bond donors (Lipinski definition) is 1. The van der Waals surface area contributed by atoms with E-state index < -0.39 is 0 Å². The van der Waals surface area contributed by atoms with Crippen molar-refractivity contribution in [3.05, 3.63) is 22.4 Å². The quantitative estimate of drug-likeness (QED) is 0.734. The Kier molecular flexibility index (Phi) is 7.46. The summed E-state index contributed by atoms with van der Waals surface area (Å²) in [7, 11) is 0. The van der Waals surface area contributed by atoms with Crippen LogP contribution in [0.5, 0.6) is 0 Å². The molecule has 2 amide bonds. The number of morpholine rings is 1. The van der Waals surface area contributed by atoms with Gasteiger partial charge in [-0.3, -0.25) is 14.5 Å². The Morgan fingerprint density at radius 2 is 1.92 bits per heavy atom. The van der Waals surface area contributed by atoms with Crippen LogP contribution in [0.1, 0.15) is 35.4 Å². The van der Waals surface area contributed by atoms with Crippen LogP contribution in [0, 0.1) is 5.92 Å². The highest BCUT2D eigenvalue weighted by Gasteiger charge is 2.27. The van der Waals surface area contributed by atoms with Gasteiger partial charge in [-0.05, 0) is 43.7 Å². The summed E-state index contributed by atoms with van der Waals surface area (Å²) >= 11 is 1.48. The van der Waals surface area contributed by atoms with E-state index in [0.29, 0.717) is 13.1 Å². The Bertz CT molecular complexity index is 565. The lowest BCUT2D eigenvalue weighted by atomic mass is 9.95. The van der Waals surface area contributed by atoms with Crippen molar-refractivity contribution in [1.29, 1.82) is 0 Å². The minimum Gasteiger partial charge on any atom is -0.379 e. The van der Waals surface area contributed by atoms with Gasteiger partial charge in [-0.25, -0.2) is 0 Å². The van der Waals surface area contributed by atoms with E-state index in [1.807, 2.05) is 22.4 Å². The van der Waals surface area contributed by atoms with Crippen molar-refractivity contribution < 1.29 is 14.3 Å². The van der Waals surface area contributed by atoms with Crippen molar-refractivity contribution >= 4 is 23.2 Å². The van der Waals surface area contributed by atoms with Gasteiger partial charge in [0.2, 0.25) is 5.91 Å². The molecule has 2 fully saturated rings. The maximum Gasteiger partial charge on any atom is 0.263 e. The monoisotopic (exact) mass is 379 g/mol. The van der Waals surface area contributed by atoms with E-state index in [1.165, 1.54) is 11.3 Å². The second-order valence-corrected chi connectivity index (χ2v) is 7.94. The first-order valence-corrected chi connectivity index (χ1v) is 10.5. The van der Waals surface area contributed by atoms with Gasteiger partial charge < -0.3 is 15.0 Å². The number of rotatable bonds is 7. The standard InChI is InChI=1S/C19H29N3O3S/c23-18(20-7-1-2-8-21-11-13-25-14-12-21)16-5-9-22(10-6-16)19(24)17-4-3-15-26-17/h3-4,15-16H,1-2,5-14H2,(H,20,23). The Labute approximate surface area is 159 Å².